The lowest BCUT2D eigenvalue weighted by atomic mass is 9.77. The Bertz CT molecular complexity index is 253. The van der Waals surface area contributed by atoms with Gasteiger partial charge in [0.2, 0.25) is 0 Å². The van der Waals surface area contributed by atoms with Gasteiger partial charge in [-0.1, -0.05) is 19.3 Å². The molecule has 1 fully saturated rings. The lowest BCUT2D eigenvalue weighted by Gasteiger charge is -2.22. The van der Waals surface area contributed by atoms with Crippen LogP contribution in [0.1, 0.15) is 32.1 Å². The van der Waals surface area contributed by atoms with Crippen molar-refractivity contribution in [3.05, 3.63) is 0 Å². The normalized spacial score (nSPS) is 18.6. The van der Waals surface area contributed by atoms with Crippen molar-refractivity contribution >= 4 is 11.4 Å². The van der Waals surface area contributed by atoms with E-state index in [1.54, 1.807) is 0 Å². The van der Waals surface area contributed by atoms with Crippen LogP contribution in [0, 0.1) is 28.1 Å². The largest absolute Gasteiger partial charge is 0.299 e. The SMILES string of the molecule is N#CC1(C#N)CCCCC1.O=S(O)O. The maximum absolute atomic E-state index is 8.67. The molecule has 0 aromatic carbocycles. The van der Waals surface area contributed by atoms with Crippen LogP contribution < -0.4 is 0 Å². The minimum absolute atomic E-state index is 0.627. The van der Waals surface area contributed by atoms with Gasteiger partial charge in [-0.2, -0.15) is 14.7 Å². The molecule has 14 heavy (non-hydrogen) atoms. The second kappa shape index (κ2) is 6.50. The molecule has 0 heterocycles. The summed E-state index contributed by atoms with van der Waals surface area (Å²) in [5.41, 5.74) is -0.627. The van der Waals surface area contributed by atoms with E-state index in [0.29, 0.717) is 0 Å². The zero-order valence-electron chi connectivity index (χ0n) is 7.64. The van der Waals surface area contributed by atoms with Gasteiger partial charge in [0.25, 0.3) is 11.4 Å². The number of nitrogens with zero attached hydrogens (tertiary/aromatic N) is 2. The van der Waals surface area contributed by atoms with Crippen molar-refractivity contribution in [3.63, 3.8) is 0 Å². The number of nitriles is 2. The fourth-order valence-corrected chi connectivity index (χ4v) is 1.40. The molecule has 0 aromatic heterocycles. The lowest BCUT2D eigenvalue weighted by molar-refractivity contribution is 0.345. The van der Waals surface area contributed by atoms with Gasteiger partial charge in [-0.3, -0.25) is 9.11 Å². The van der Waals surface area contributed by atoms with Crippen molar-refractivity contribution in [2.24, 2.45) is 5.41 Å². The molecule has 0 unspecified atom stereocenters. The Hall–Kier alpha value is -0.950. The average molecular weight is 216 g/mol. The van der Waals surface area contributed by atoms with E-state index in [2.05, 4.69) is 12.1 Å². The molecule has 0 saturated heterocycles. The predicted octanol–water partition coefficient (Wildman–Crippen LogP) is 1.67. The molecule has 0 radical (unpaired) electrons. The van der Waals surface area contributed by atoms with Gasteiger partial charge < -0.3 is 0 Å². The second-order valence-electron chi connectivity index (χ2n) is 3.10. The standard InChI is InChI=1S/C8H10N2.H2O3S/c9-6-8(7-10)4-2-1-3-5-8;1-4(2)3/h1-5H2;(H2,1,2,3). The van der Waals surface area contributed by atoms with Crippen molar-refractivity contribution in [2.75, 3.05) is 0 Å². The Balaban J connectivity index is 0.000000364. The molecule has 5 nitrogen and oxygen atoms in total. The van der Waals surface area contributed by atoms with E-state index in [0.717, 1.165) is 25.7 Å². The first kappa shape index (κ1) is 13.1. The van der Waals surface area contributed by atoms with Crippen LogP contribution in [0.3, 0.4) is 0 Å². The summed E-state index contributed by atoms with van der Waals surface area (Å²) in [4.78, 5) is 0. The first-order valence-electron chi connectivity index (χ1n) is 4.19. The van der Waals surface area contributed by atoms with Crippen molar-refractivity contribution in [1.29, 1.82) is 10.5 Å². The molecule has 2 N–H and O–H groups in total. The minimum atomic E-state index is -2.61. The van der Waals surface area contributed by atoms with E-state index >= 15 is 0 Å². The highest BCUT2D eigenvalue weighted by atomic mass is 32.2. The first-order chi connectivity index (χ1) is 6.56. The monoisotopic (exact) mass is 216 g/mol. The summed E-state index contributed by atoms with van der Waals surface area (Å²) >= 11 is -2.61. The highest BCUT2D eigenvalue weighted by Crippen LogP contribution is 2.34. The molecule has 0 amide bonds. The van der Waals surface area contributed by atoms with Crippen molar-refractivity contribution in [1.82, 2.24) is 0 Å². The van der Waals surface area contributed by atoms with Crippen molar-refractivity contribution in [3.8, 4) is 12.1 Å². The maximum Gasteiger partial charge on any atom is 0.299 e. The van der Waals surface area contributed by atoms with E-state index in [1.165, 1.54) is 6.42 Å². The van der Waals surface area contributed by atoms with Gasteiger partial charge in [0.15, 0.2) is 0 Å². The smallest absolute Gasteiger partial charge is 0.284 e. The Kier molecular flexibility index (Phi) is 6.06. The fourth-order valence-electron chi connectivity index (χ4n) is 1.40. The third-order valence-corrected chi connectivity index (χ3v) is 2.14. The van der Waals surface area contributed by atoms with Gasteiger partial charge in [-0.25, -0.2) is 0 Å². The first-order valence-corrected chi connectivity index (χ1v) is 5.25. The molecular formula is C8H12N2O3S. The minimum Gasteiger partial charge on any atom is -0.284 e. The summed E-state index contributed by atoms with van der Waals surface area (Å²) in [6.45, 7) is 0. The summed E-state index contributed by atoms with van der Waals surface area (Å²) in [6.07, 6.45) is 4.83. The maximum atomic E-state index is 8.67. The Labute approximate surface area is 85.5 Å². The van der Waals surface area contributed by atoms with Gasteiger partial charge in [0.05, 0.1) is 12.1 Å². The van der Waals surface area contributed by atoms with Crippen LogP contribution >= 0.6 is 0 Å². The molecule has 1 aliphatic carbocycles. The number of hydrogen-bond acceptors (Lipinski definition) is 3. The molecule has 78 valence electrons. The van der Waals surface area contributed by atoms with Gasteiger partial charge in [0, 0.05) is 0 Å². The zero-order chi connectivity index (χ0) is 11.0. The van der Waals surface area contributed by atoms with Crippen LogP contribution in [-0.2, 0) is 11.4 Å². The van der Waals surface area contributed by atoms with Gasteiger partial charge in [0.1, 0.15) is 5.41 Å². The summed E-state index contributed by atoms with van der Waals surface area (Å²) < 4.78 is 22.8. The molecular weight excluding hydrogens is 204 g/mol. The van der Waals surface area contributed by atoms with Crippen LogP contribution in [-0.4, -0.2) is 13.3 Å². The molecule has 1 aliphatic rings. The molecule has 0 spiro atoms. The molecule has 0 aromatic rings. The van der Waals surface area contributed by atoms with E-state index in [-0.39, 0.29) is 0 Å². The number of hydrogen-bond donors (Lipinski definition) is 2. The Morgan fingerprint density at radius 1 is 1.07 bits per heavy atom. The highest BCUT2D eigenvalue weighted by Gasteiger charge is 2.31. The summed E-state index contributed by atoms with van der Waals surface area (Å²) in [5, 5.41) is 17.3. The van der Waals surface area contributed by atoms with Crippen LogP contribution in [0.25, 0.3) is 0 Å². The summed E-state index contributed by atoms with van der Waals surface area (Å²) in [6, 6.07) is 4.21. The van der Waals surface area contributed by atoms with Crippen LogP contribution in [0.5, 0.6) is 0 Å². The van der Waals surface area contributed by atoms with Gasteiger partial charge in [-0.15, -0.1) is 0 Å². The van der Waals surface area contributed by atoms with E-state index in [4.69, 9.17) is 23.8 Å². The Morgan fingerprint density at radius 3 is 1.64 bits per heavy atom. The molecule has 0 aliphatic heterocycles. The van der Waals surface area contributed by atoms with Gasteiger partial charge in [-0.05, 0) is 12.8 Å². The van der Waals surface area contributed by atoms with Crippen molar-refractivity contribution in [2.45, 2.75) is 32.1 Å². The molecule has 0 atom stereocenters. The predicted molar refractivity (Wildman–Crippen MR) is 50.1 cm³/mol. The highest BCUT2D eigenvalue weighted by molar-refractivity contribution is 7.73. The second-order valence-corrected chi connectivity index (χ2v) is 3.56. The molecule has 1 saturated carbocycles. The zero-order valence-corrected chi connectivity index (χ0v) is 8.46. The topological polar surface area (TPSA) is 105 Å². The summed E-state index contributed by atoms with van der Waals surface area (Å²) in [5.74, 6) is 0. The molecule has 6 heteroatoms. The average Bonchev–Trinajstić information content (AvgIpc) is 2.18. The molecule has 1 rings (SSSR count). The van der Waals surface area contributed by atoms with Crippen molar-refractivity contribution < 1.29 is 13.3 Å². The third-order valence-electron chi connectivity index (χ3n) is 2.14. The fraction of sp³-hybridized carbons (Fsp3) is 0.750. The Morgan fingerprint density at radius 2 is 1.43 bits per heavy atom. The third kappa shape index (κ3) is 4.93. The quantitative estimate of drug-likeness (QED) is 0.599. The molecule has 0 bridgehead atoms. The van der Waals surface area contributed by atoms with E-state index < -0.39 is 16.8 Å². The lowest BCUT2D eigenvalue weighted by Crippen LogP contribution is -2.19. The van der Waals surface area contributed by atoms with E-state index in [1.807, 2.05) is 0 Å². The van der Waals surface area contributed by atoms with Crippen LogP contribution in [0.4, 0.5) is 0 Å². The number of rotatable bonds is 0. The van der Waals surface area contributed by atoms with Gasteiger partial charge >= 0.3 is 0 Å². The summed E-state index contributed by atoms with van der Waals surface area (Å²) in [7, 11) is 0. The van der Waals surface area contributed by atoms with Crippen LogP contribution in [0.2, 0.25) is 0 Å². The van der Waals surface area contributed by atoms with E-state index in [9.17, 15) is 0 Å². The van der Waals surface area contributed by atoms with Crippen LogP contribution in [0.15, 0.2) is 0 Å².